The van der Waals surface area contributed by atoms with Crippen LogP contribution in [0.15, 0.2) is 48.7 Å². The van der Waals surface area contributed by atoms with Crippen molar-refractivity contribution in [2.24, 2.45) is 0 Å². The Hall–Kier alpha value is -3.35. The van der Waals surface area contributed by atoms with Gasteiger partial charge in [-0.2, -0.15) is 5.10 Å². The van der Waals surface area contributed by atoms with E-state index in [1.165, 1.54) is 27.1 Å². The van der Waals surface area contributed by atoms with E-state index in [2.05, 4.69) is 15.0 Å². The van der Waals surface area contributed by atoms with Crippen LogP contribution in [0.3, 0.4) is 0 Å². The molecule has 1 N–H and O–H groups in total. The van der Waals surface area contributed by atoms with Crippen LogP contribution >= 0.6 is 0 Å². The highest BCUT2D eigenvalue weighted by Crippen LogP contribution is 2.33. The Labute approximate surface area is 176 Å². The van der Waals surface area contributed by atoms with Crippen LogP contribution in [0.5, 0.6) is 11.5 Å². The molecule has 0 aliphatic heterocycles. The number of amides is 1. The number of hydrogen-bond donors (Lipinski definition) is 1. The van der Waals surface area contributed by atoms with Crippen molar-refractivity contribution in [3.05, 3.63) is 59.9 Å². The molecule has 7 heteroatoms. The van der Waals surface area contributed by atoms with Crippen molar-refractivity contribution in [2.45, 2.75) is 38.3 Å². The maximum Gasteiger partial charge on any atom is 0.259 e. The third-order valence-corrected chi connectivity index (χ3v) is 5.47. The van der Waals surface area contributed by atoms with Gasteiger partial charge in [0.25, 0.3) is 5.91 Å². The van der Waals surface area contributed by atoms with Gasteiger partial charge in [0.1, 0.15) is 17.1 Å². The summed E-state index contributed by atoms with van der Waals surface area (Å²) in [6.07, 6.45) is 6.45. The number of hydrogen-bond acceptors (Lipinski definition) is 5. The zero-order chi connectivity index (χ0) is 20.9. The van der Waals surface area contributed by atoms with E-state index in [0.29, 0.717) is 29.6 Å². The van der Waals surface area contributed by atoms with Gasteiger partial charge in [0.2, 0.25) is 0 Å². The van der Waals surface area contributed by atoms with Crippen molar-refractivity contribution in [1.82, 2.24) is 20.1 Å². The van der Waals surface area contributed by atoms with Gasteiger partial charge in [0, 0.05) is 6.20 Å². The summed E-state index contributed by atoms with van der Waals surface area (Å²) >= 11 is 0. The minimum atomic E-state index is -0.265. The van der Waals surface area contributed by atoms with E-state index in [4.69, 9.17) is 14.6 Å². The zero-order valence-corrected chi connectivity index (χ0v) is 17.3. The second-order valence-electron chi connectivity index (χ2n) is 7.34. The molecule has 1 aliphatic carbocycles. The summed E-state index contributed by atoms with van der Waals surface area (Å²) in [5.74, 6) is 0.675. The first-order valence-electron chi connectivity index (χ1n) is 10.2. The highest BCUT2D eigenvalue weighted by Gasteiger charge is 2.23. The highest BCUT2D eigenvalue weighted by atomic mass is 16.5. The number of benzene rings is 1. The van der Waals surface area contributed by atoms with Crippen LogP contribution in [0.4, 0.5) is 0 Å². The summed E-state index contributed by atoms with van der Waals surface area (Å²) in [6.45, 7) is 0.305. The molecule has 2 heterocycles. The van der Waals surface area contributed by atoms with Gasteiger partial charge in [0.15, 0.2) is 0 Å². The first-order chi connectivity index (χ1) is 14.7. The fourth-order valence-electron chi connectivity index (χ4n) is 4.00. The standard InChI is InChI=1S/C23H26N4O3/c1-29-20-11-7-12-21(30-2)22(20)23(28)25-15-16-14-19(18-10-5-6-13-24-18)27(26-16)17-8-3-4-9-17/h5-7,10-14,17H,3-4,8-9,15H2,1-2H3,(H,25,28). The smallest absolute Gasteiger partial charge is 0.259 e. The van der Waals surface area contributed by atoms with Crippen LogP contribution in [-0.4, -0.2) is 34.9 Å². The van der Waals surface area contributed by atoms with Crippen molar-refractivity contribution in [1.29, 1.82) is 0 Å². The Morgan fingerprint density at radius 2 is 1.83 bits per heavy atom. The molecule has 4 rings (SSSR count). The van der Waals surface area contributed by atoms with E-state index in [-0.39, 0.29) is 5.91 Å². The lowest BCUT2D eigenvalue weighted by Crippen LogP contribution is -2.24. The predicted octanol–water partition coefficient (Wildman–Crippen LogP) is 4.01. The number of methoxy groups -OCH3 is 2. The second-order valence-corrected chi connectivity index (χ2v) is 7.34. The van der Waals surface area contributed by atoms with Gasteiger partial charge in [-0.3, -0.25) is 14.5 Å². The molecule has 0 bridgehead atoms. The Kier molecular flexibility index (Phi) is 5.97. The van der Waals surface area contributed by atoms with Crippen LogP contribution < -0.4 is 14.8 Å². The summed E-state index contributed by atoms with van der Waals surface area (Å²) in [5.41, 5.74) is 3.05. The molecule has 156 valence electrons. The first-order valence-corrected chi connectivity index (χ1v) is 10.2. The Morgan fingerprint density at radius 1 is 1.10 bits per heavy atom. The molecule has 3 aromatic rings. The molecule has 0 atom stereocenters. The molecule has 30 heavy (non-hydrogen) atoms. The fourth-order valence-corrected chi connectivity index (χ4v) is 4.00. The summed E-state index contributed by atoms with van der Waals surface area (Å²) in [7, 11) is 3.07. The van der Waals surface area contributed by atoms with E-state index in [1.54, 1.807) is 24.4 Å². The van der Waals surface area contributed by atoms with Gasteiger partial charge in [-0.05, 0) is 43.2 Å². The number of aromatic nitrogens is 3. The predicted molar refractivity (Wildman–Crippen MR) is 114 cm³/mol. The number of ether oxygens (including phenoxy) is 2. The molecule has 0 spiro atoms. The molecule has 2 aromatic heterocycles. The molecule has 1 saturated carbocycles. The average Bonchev–Trinajstić information content (AvgIpc) is 3.47. The van der Waals surface area contributed by atoms with Crippen LogP contribution in [0, 0.1) is 0 Å². The molecule has 1 aromatic carbocycles. The largest absolute Gasteiger partial charge is 0.496 e. The number of nitrogens with zero attached hydrogens (tertiary/aromatic N) is 3. The van der Waals surface area contributed by atoms with Crippen molar-refractivity contribution in [2.75, 3.05) is 14.2 Å². The van der Waals surface area contributed by atoms with Crippen molar-refractivity contribution in [3.8, 4) is 22.9 Å². The summed E-state index contributed by atoms with van der Waals surface area (Å²) in [5, 5.41) is 7.77. The Balaban J connectivity index is 1.58. The lowest BCUT2D eigenvalue weighted by molar-refractivity contribution is 0.0944. The normalized spacial score (nSPS) is 13.9. The van der Waals surface area contributed by atoms with Crippen LogP contribution in [0.1, 0.15) is 47.8 Å². The third-order valence-electron chi connectivity index (χ3n) is 5.47. The van der Waals surface area contributed by atoms with Crippen LogP contribution in [-0.2, 0) is 6.54 Å². The fraction of sp³-hybridized carbons (Fsp3) is 0.348. The van der Waals surface area contributed by atoms with Gasteiger partial charge in [0.05, 0.1) is 43.9 Å². The van der Waals surface area contributed by atoms with Crippen molar-refractivity contribution < 1.29 is 14.3 Å². The summed E-state index contributed by atoms with van der Waals surface area (Å²) in [6, 6.07) is 13.5. The molecule has 0 unspecified atom stereocenters. The maximum atomic E-state index is 12.9. The SMILES string of the molecule is COc1cccc(OC)c1C(=O)NCc1cc(-c2ccccn2)n(C2CCCC2)n1. The maximum absolute atomic E-state index is 12.9. The Morgan fingerprint density at radius 3 is 2.47 bits per heavy atom. The summed E-state index contributed by atoms with van der Waals surface area (Å²) < 4.78 is 12.8. The van der Waals surface area contributed by atoms with E-state index >= 15 is 0 Å². The molecular formula is C23H26N4O3. The van der Waals surface area contributed by atoms with Gasteiger partial charge in [-0.1, -0.05) is 25.0 Å². The monoisotopic (exact) mass is 406 g/mol. The van der Waals surface area contributed by atoms with Crippen molar-refractivity contribution in [3.63, 3.8) is 0 Å². The van der Waals surface area contributed by atoms with E-state index in [1.807, 2.05) is 24.3 Å². The van der Waals surface area contributed by atoms with Gasteiger partial charge in [-0.25, -0.2) is 0 Å². The zero-order valence-electron chi connectivity index (χ0n) is 17.3. The number of rotatable bonds is 7. The van der Waals surface area contributed by atoms with E-state index in [9.17, 15) is 4.79 Å². The van der Waals surface area contributed by atoms with Crippen LogP contribution in [0.2, 0.25) is 0 Å². The number of pyridine rings is 1. The highest BCUT2D eigenvalue weighted by molar-refractivity contribution is 5.99. The minimum absolute atomic E-state index is 0.265. The molecule has 7 nitrogen and oxygen atoms in total. The van der Waals surface area contributed by atoms with Gasteiger partial charge in [-0.15, -0.1) is 0 Å². The van der Waals surface area contributed by atoms with E-state index in [0.717, 1.165) is 29.9 Å². The summed E-state index contributed by atoms with van der Waals surface area (Å²) in [4.78, 5) is 17.4. The molecular weight excluding hydrogens is 380 g/mol. The third kappa shape index (κ3) is 4.01. The Bertz CT molecular complexity index is 988. The average molecular weight is 406 g/mol. The van der Waals surface area contributed by atoms with E-state index < -0.39 is 0 Å². The lowest BCUT2D eigenvalue weighted by Gasteiger charge is -2.14. The van der Waals surface area contributed by atoms with Gasteiger partial charge >= 0.3 is 0 Å². The van der Waals surface area contributed by atoms with Gasteiger partial charge < -0.3 is 14.8 Å². The number of nitrogens with one attached hydrogen (secondary N) is 1. The molecule has 1 fully saturated rings. The molecule has 0 saturated heterocycles. The number of carbonyl (C=O) groups is 1. The number of carbonyl (C=O) groups excluding carboxylic acids is 1. The minimum Gasteiger partial charge on any atom is -0.496 e. The van der Waals surface area contributed by atoms with Crippen molar-refractivity contribution >= 4 is 5.91 Å². The quantitative estimate of drug-likeness (QED) is 0.641. The second kappa shape index (κ2) is 8.98. The molecule has 0 radical (unpaired) electrons. The van der Waals surface area contributed by atoms with Crippen LogP contribution in [0.25, 0.3) is 11.4 Å². The topological polar surface area (TPSA) is 78.3 Å². The first kappa shape index (κ1) is 19.9. The molecule has 1 aliphatic rings. The molecule has 1 amide bonds. The lowest BCUT2D eigenvalue weighted by atomic mass is 10.1.